The minimum Gasteiger partial charge on any atom is -0.478 e. The molecule has 3 atom stereocenters. The maximum Gasteiger partial charge on any atom is 0.263 e. The third-order valence-corrected chi connectivity index (χ3v) is 8.67. The number of aryl methyl sites for hydroxylation is 1. The topological polar surface area (TPSA) is 126 Å². The van der Waals surface area contributed by atoms with Crippen LogP contribution < -0.4 is 26.0 Å². The average Bonchev–Trinajstić information content (AvgIpc) is 3.25. The summed E-state index contributed by atoms with van der Waals surface area (Å²) in [5.74, 6) is -2.38. The Morgan fingerprint density at radius 3 is 2.55 bits per heavy atom. The minimum atomic E-state index is -1.48. The molecule has 12 heteroatoms. The molecular weight excluding hydrogens is 610 g/mol. The van der Waals surface area contributed by atoms with Crippen molar-refractivity contribution in [2.75, 3.05) is 18.4 Å². The standard InChI is InChI=1S/C32H31Cl2FN4O5/c1-17-4-7-20(35)14-21(17)28-32(23-8-5-19(34)13-25(23)38-30(32)43)24(15-27(41)39-28)22-12-18(33)6-9-26(22)44-31(2,3)29(42)37-11-10-36-16-40/h4-9,12-14,16,24,28H,10-11,15H2,1-3H3,(H,36,40)(H,37,42)(H,38,43)(H,39,41)/t24?,28?,32-/m1/s1. The lowest BCUT2D eigenvalue weighted by molar-refractivity contribution is -0.135. The van der Waals surface area contributed by atoms with Crippen LogP contribution >= 0.6 is 23.2 Å². The number of ether oxygens (including phenoxy) is 1. The van der Waals surface area contributed by atoms with Gasteiger partial charge in [-0.25, -0.2) is 4.39 Å². The van der Waals surface area contributed by atoms with Crippen molar-refractivity contribution in [1.29, 1.82) is 0 Å². The van der Waals surface area contributed by atoms with Gasteiger partial charge in [0.25, 0.3) is 5.91 Å². The van der Waals surface area contributed by atoms with Crippen molar-refractivity contribution in [3.63, 3.8) is 0 Å². The first-order valence-corrected chi connectivity index (χ1v) is 14.7. The van der Waals surface area contributed by atoms with E-state index < -0.39 is 40.6 Å². The van der Waals surface area contributed by atoms with Crippen LogP contribution in [0, 0.1) is 12.7 Å². The molecule has 230 valence electrons. The molecule has 2 unspecified atom stereocenters. The van der Waals surface area contributed by atoms with E-state index in [0.29, 0.717) is 44.4 Å². The normalized spacial score (nSPS) is 20.9. The van der Waals surface area contributed by atoms with E-state index in [-0.39, 0.29) is 31.2 Å². The molecule has 3 aromatic carbocycles. The van der Waals surface area contributed by atoms with Crippen molar-refractivity contribution in [2.45, 2.75) is 50.2 Å². The quantitative estimate of drug-likeness (QED) is 0.199. The van der Waals surface area contributed by atoms with Gasteiger partial charge in [0.15, 0.2) is 5.60 Å². The Morgan fingerprint density at radius 1 is 1.07 bits per heavy atom. The minimum absolute atomic E-state index is 0.138. The zero-order valence-electron chi connectivity index (χ0n) is 24.2. The van der Waals surface area contributed by atoms with Crippen molar-refractivity contribution in [1.82, 2.24) is 16.0 Å². The number of rotatable bonds is 9. The molecule has 9 nitrogen and oxygen atoms in total. The van der Waals surface area contributed by atoms with Crippen LogP contribution in [0.4, 0.5) is 10.1 Å². The SMILES string of the molecule is Cc1ccc(F)cc1C1NC(=O)CC(c2cc(Cl)ccc2OC(C)(C)C(=O)NCCNC=O)[C@@]12C(=O)Nc1cc(Cl)ccc12. The summed E-state index contributed by atoms with van der Waals surface area (Å²) >= 11 is 12.8. The van der Waals surface area contributed by atoms with E-state index in [1.807, 2.05) is 0 Å². The molecule has 1 fully saturated rings. The highest BCUT2D eigenvalue weighted by molar-refractivity contribution is 6.31. The van der Waals surface area contributed by atoms with Crippen LogP contribution in [-0.2, 0) is 24.6 Å². The molecule has 0 saturated carbocycles. The van der Waals surface area contributed by atoms with Crippen LogP contribution in [0.5, 0.6) is 5.75 Å². The van der Waals surface area contributed by atoms with Gasteiger partial charge in [-0.15, -0.1) is 0 Å². The number of anilines is 1. The van der Waals surface area contributed by atoms with Crippen LogP contribution in [0.2, 0.25) is 10.0 Å². The van der Waals surface area contributed by atoms with Crippen LogP contribution in [0.25, 0.3) is 0 Å². The highest BCUT2D eigenvalue weighted by Crippen LogP contribution is 2.59. The largest absolute Gasteiger partial charge is 0.478 e. The lowest BCUT2D eigenvalue weighted by atomic mass is 9.59. The van der Waals surface area contributed by atoms with E-state index >= 15 is 0 Å². The maximum absolute atomic E-state index is 14.7. The number of fused-ring (bicyclic) bond motifs is 2. The second-order valence-corrected chi connectivity index (χ2v) is 12.3. The smallest absolute Gasteiger partial charge is 0.263 e. The fourth-order valence-corrected chi connectivity index (χ4v) is 6.52. The Balaban J connectivity index is 1.68. The van der Waals surface area contributed by atoms with Gasteiger partial charge < -0.3 is 26.0 Å². The Hall–Kier alpha value is -4.15. The lowest BCUT2D eigenvalue weighted by Gasteiger charge is -2.47. The summed E-state index contributed by atoms with van der Waals surface area (Å²) in [6.45, 7) is 5.35. The van der Waals surface area contributed by atoms with E-state index in [2.05, 4.69) is 21.3 Å². The molecule has 4 amide bonds. The number of nitrogens with one attached hydrogen (secondary N) is 4. The highest BCUT2D eigenvalue weighted by Gasteiger charge is 2.62. The molecule has 0 aromatic heterocycles. The van der Waals surface area contributed by atoms with Gasteiger partial charge in [-0.2, -0.15) is 0 Å². The van der Waals surface area contributed by atoms with E-state index in [0.717, 1.165) is 0 Å². The lowest BCUT2D eigenvalue weighted by Crippen LogP contribution is -2.57. The van der Waals surface area contributed by atoms with Crippen molar-refractivity contribution in [3.8, 4) is 5.75 Å². The van der Waals surface area contributed by atoms with Gasteiger partial charge in [0.05, 0.1) is 6.04 Å². The Kier molecular flexibility index (Phi) is 8.59. The molecular formula is C32H31Cl2FN4O5. The molecule has 4 N–H and O–H groups in total. The fraction of sp³-hybridized carbons (Fsp3) is 0.312. The molecule has 0 radical (unpaired) electrons. The molecule has 0 aliphatic carbocycles. The first-order chi connectivity index (χ1) is 20.9. The Morgan fingerprint density at radius 2 is 1.80 bits per heavy atom. The zero-order chi connectivity index (χ0) is 31.8. The summed E-state index contributed by atoms with van der Waals surface area (Å²) in [6.07, 6.45) is 0.398. The summed E-state index contributed by atoms with van der Waals surface area (Å²) in [4.78, 5) is 51.5. The summed E-state index contributed by atoms with van der Waals surface area (Å²) in [7, 11) is 0. The Bertz CT molecular complexity index is 1670. The highest BCUT2D eigenvalue weighted by atomic mass is 35.5. The van der Waals surface area contributed by atoms with E-state index in [4.69, 9.17) is 27.9 Å². The van der Waals surface area contributed by atoms with Crippen LogP contribution in [0.3, 0.4) is 0 Å². The molecule has 0 bridgehead atoms. The number of hydrogen-bond acceptors (Lipinski definition) is 5. The molecule has 5 rings (SSSR count). The zero-order valence-corrected chi connectivity index (χ0v) is 25.7. The van der Waals surface area contributed by atoms with E-state index in [9.17, 15) is 23.6 Å². The second-order valence-electron chi connectivity index (χ2n) is 11.4. The van der Waals surface area contributed by atoms with Gasteiger partial charge in [0, 0.05) is 46.7 Å². The van der Waals surface area contributed by atoms with Crippen molar-refractivity contribution in [2.24, 2.45) is 0 Å². The number of piperidine rings is 1. The number of benzene rings is 3. The molecule has 44 heavy (non-hydrogen) atoms. The van der Waals surface area contributed by atoms with Crippen molar-refractivity contribution >= 4 is 53.0 Å². The summed E-state index contributed by atoms with van der Waals surface area (Å²) < 4.78 is 21.0. The number of hydrogen-bond donors (Lipinski definition) is 4. The van der Waals surface area contributed by atoms with Gasteiger partial charge in [0.1, 0.15) is 17.0 Å². The van der Waals surface area contributed by atoms with Gasteiger partial charge in [0.2, 0.25) is 18.2 Å². The van der Waals surface area contributed by atoms with Crippen LogP contribution in [0.15, 0.2) is 54.6 Å². The average molecular weight is 642 g/mol. The van der Waals surface area contributed by atoms with Crippen LogP contribution in [0.1, 0.15) is 54.5 Å². The van der Waals surface area contributed by atoms with Gasteiger partial charge >= 0.3 is 0 Å². The summed E-state index contributed by atoms with van der Waals surface area (Å²) in [5, 5.41) is 11.9. The monoisotopic (exact) mass is 640 g/mol. The fourth-order valence-electron chi connectivity index (χ4n) is 6.17. The van der Waals surface area contributed by atoms with Gasteiger partial charge in [-0.1, -0.05) is 35.3 Å². The predicted molar refractivity (Wildman–Crippen MR) is 164 cm³/mol. The molecule has 1 saturated heterocycles. The third-order valence-electron chi connectivity index (χ3n) is 8.20. The van der Waals surface area contributed by atoms with Crippen molar-refractivity contribution < 1.29 is 28.3 Å². The summed E-state index contributed by atoms with van der Waals surface area (Å²) in [5.41, 5.74) is -0.317. The van der Waals surface area contributed by atoms with Crippen LogP contribution in [-0.4, -0.2) is 42.8 Å². The van der Waals surface area contributed by atoms with Crippen molar-refractivity contribution in [3.05, 3.63) is 92.7 Å². The molecule has 2 aliphatic rings. The summed E-state index contributed by atoms with van der Waals surface area (Å²) in [6, 6.07) is 13.1. The first kappa shape index (κ1) is 31.3. The molecule has 2 aliphatic heterocycles. The first-order valence-electron chi connectivity index (χ1n) is 14.0. The molecule has 1 spiro atoms. The third kappa shape index (κ3) is 5.59. The number of carbonyl (C=O) groups excluding carboxylic acids is 4. The number of carbonyl (C=O) groups is 4. The number of amides is 4. The second kappa shape index (κ2) is 12.1. The predicted octanol–water partition coefficient (Wildman–Crippen LogP) is 4.70. The number of halogens is 3. The Labute approximate surface area is 263 Å². The molecule has 3 aromatic rings. The van der Waals surface area contributed by atoms with Gasteiger partial charge in [-0.05, 0) is 79.9 Å². The van der Waals surface area contributed by atoms with E-state index in [1.165, 1.54) is 12.1 Å². The molecule has 2 heterocycles. The van der Waals surface area contributed by atoms with E-state index in [1.54, 1.807) is 63.2 Å². The maximum atomic E-state index is 14.7. The van der Waals surface area contributed by atoms with Gasteiger partial charge in [-0.3, -0.25) is 19.2 Å².